The molecule has 0 radical (unpaired) electrons. The second-order valence-corrected chi connectivity index (χ2v) is 3.42. The van der Waals surface area contributed by atoms with Crippen molar-refractivity contribution < 1.29 is 19.1 Å². The zero-order valence-corrected chi connectivity index (χ0v) is 9.60. The molecule has 1 aromatic rings. The van der Waals surface area contributed by atoms with Gasteiger partial charge in [-0.05, 0) is 19.1 Å². The number of rotatable bonds is 4. The van der Waals surface area contributed by atoms with Gasteiger partial charge >= 0.3 is 5.97 Å². The number of carbonyl (C=O) groups is 3. The van der Waals surface area contributed by atoms with Gasteiger partial charge in [-0.3, -0.25) is 9.59 Å². The third-order valence-electron chi connectivity index (χ3n) is 2.16. The van der Waals surface area contributed by atoms with Gasteiger partial charge in [0.25, 0.3) is 11.7 Å². The Kier molecular flexibility index (Phi) is 4.39. The number of methoxy groups -OCH3 is 1. The molecule has 0 saturated carbocycles. The molecule has 5 nitrogen and oxygen atoms in total. The first-order chi connectivity index (χ1) is 8.06. The molecule has 0 aromatic heterocycles. The minimum Gasteiger partial charge on any atom is -0.463 e. The van der Waals surface area contributed by atoms with E-state index in [1.165, 1.54) is 6.92 Å². The monoisotopic (exact) mass is 235 g/mol. The number of ether oxygens (including phenoxy) is 1. The molecule has 0 heterocycles. The predicted molar refractivity (Wildman–Crippen MR) is 60.4 cm³/mol. The number of hydrogen-bond acceptors (Lipinski definition) is 4. The van der Waals surface area contributed by atoms with Gasteiger partial charge in [0.05, 0.1) is 13.2 Å². The molecule has 1 rings (SSSR count). The molecular formula is C12H13NO4. The molecule has 0 fully saturated rings. The van der Waals surface area contributed by atoms with E-state index in [1.54, 1.807) is 30.3 Å². The number of esters is 1. The smallest absolute Gasteiger partial charge is 0.376 e. The zero-order chi connectivity index (χ0) is 12.8. The lowest BCUT2D eigenvalue weighted by Gasteiger charge is -2.11. The maximum absolute atomic E-state index is 11.7. The van der Waals surface area contributed by atoms with Gasteiger partial charge in [-0.25, -0.2) is 4.79 Å². The number of nitrogens with one attached hydrogen (secondary N) is 1. The normalized spacial score (nSPS) is 11.4. The van der Waals surface area contributed by atoms with Crippen LogP contribution in [0.15, 0.2) is 30.3 Å². The summed E-state index contributed by atoms with van der Waals surface area (Å²) < 4.78 is 4.28. The molecule has 0 aliphatic heterocycles. The Balaban J connectivity index is 2.64. The van der Waals surface area contributed by atoms with Gasteiger partial charge in [0.15, 0.2) is 0 Å². The minimum absolute atomic E-state index is 0.407. The summed E-state index contributed by atoms with van der Waals surface area (Å²) in [4.78, 5) is 34.0. The molecular weight excluding hydrogens is 222 g/mol. The van der Waals surface area contributed by atoms with E-state index in [-0.39, 0.29) is 0 Å². The summed E-state index contributed by atoms with van der Waals surface area (Å²) >= 11 is 0. The molecule has 1 atom stereocenters. The van der Waals surface area contributed by atoms with Crippen molar-refractivity contribution in [3.63, 3.8) is 0 Å². The fourth-order valence-electron chi connectivity index (χ4n) is 1.21. The predicted octanol–water partition coefficient (Wildman–Crippen LogP) is 0.547. The van der Waals surface area contributed by atoms with E-state index in [0.29, 0.717) is 5.56 Å². The lowest BCUT2D eigenvalue weighted by atomic mass is 10.1. The number of benzene rings is 1. The van der Waals surface area contributed by atoms with Crippen LogP contribution in [0.5, 0.6) is 0 Å². The van der Waals surface area contributed by atoms with E-state index in [0.717, 1.165) is 7.11 Å². The van der Waals surface area contributed by atoms with Gasteiger partial charge in [0, 0.05) is 5.56 Å². The Bertz CT molecular complexity index is 427. The van der Waals surface area contributed by atoms with Gasteiger partial charge in [0.1, 0.15) is 0 Å². The lowest BCUT2D eigenvalue weighted by molar-refractivity contribution is -0.152. The highest BCUT2D eigenvalue weighted by Crippen LogP contribution is 1.99. The van der Waals surface area contributed by atoms with Crippen molar-refractivity contribution in [3.8, 4) is 0 Å². The van der Waals surface area contributed by atoms with E-state index < -0.39 is 23.7 Å². The molecule has 90 valence electrons. The number of amides is 1. The SMILES string of the molecule is COC(=O)C(=O)C(C)NC(=O)c1ccccc1. The Labute approximate surface area is 98.8 Å². The second kappa shape index (κ2) is 5.79. The summed E-state index contributed by atoms with van der Waals surface area (Å²) in [6.07, 6.45) is 0. The highest BCUT2D eigenvalue weighted by atomic mass is 16.5. The summed E-state index contributed by atoms with van der Waals surface area (Å²) in [5, 5.41) is 2.42. The molecule has 1 aromatic carbocycles. The quantitative estimate of drug-likeness (QED) is 0.611. The van der Waals surface area contributed by atoms with Gasteiger partial charge in [-0.2, -0.15) is 0 Å². The Morgan fingerprint density at radius 1 is 1.18 bits per heavy atom. The van der Waals surface area contributed by atoms with E-state index >= 15 is 0 Å². The largest absolute Gasteiger partial charge is 0.463 e. The van der Waals surface area contributed by atoms with Crippen LogP contribution in [-0.2, 0) is 14.3 Å². The number of hydrogen-bond donors (Lipinski definition) is 1. The molecule has 0 aliphatic rings. The number of carbonyl (C=O) groups excluding carboxylic acids is 3. The van der Waals surface area contributed by atoms with Crippen LogP contribution in [0.2, 0.25) is 0 Å². The first kappa shape index (κ1) is 12.9. The van der Waals surface area contributed by atoms with Crippen LogP contribution in [0.3, 0.4) is 0 Å². The van der Waals surface area contributed by atoms with Crippen LogP contribution >= 0.6 is 0 Å². The lowest BCUT2D eigenvalue weighted by Crippen LogP contribution is -2.42. The van der Waals surface area contributed by atoms with Crippen molar-refractivity contribution in [2.45, 2.75) is 13.0 Å². The maximum atomic E-state index is 11.7. The molecule has 1 unspecified atom stereocenters. The van der Waals surface area contributed by atoms with Gasteiger partial charge in [-0.15, -0.1) is 0 Å². The van der Waals surface area contributed by atoms with E-state index in [9.17, 15) is 14.4 Å². The first-order valence-electron chi connectivity index (χ1n) is 5.04. The molecule has 1 amide bonds. The molecule has 0 aliphatic carbocycles. The summed E-state index contributed by atoms with van der Waals surface area (Å²) in [5.41, 5.74) is 0.428. The first-order valence-corrected chi connectivity index (χ1v) is 5.04. The molecule has 0 bridgehead atoms. The fourth-order valence-corrected chi connectivity index (χ4v) is 1.21. The second-order valence-electron chi connectivity index (χ2n) is 3.42. The summed E-state index contributed by atoms with van der Waals surface area (Å²) in [6, 6.07) is 7.52. The average Bonchev–Trinajstić information content (AvgIpc) is 2.37. The van der Waals surface area contributed by atoms with Gasteiger partial charge < -0.3 is 10.1 Å². The van der Waals surface area contributed by atoms with Crippen molar-refractivity contribution in [2.75, 3.05) is 7.11 Å². The highest BCUT2D eigenvalue weighted by molar-refractivity contribution is 6.36. The minimum atomic E-state index is -0.967. The van der Waals surface area contributed by atoms with Crippen LogP contribution in [-0.4, -0.2) is 30.8 Å². The Morgan fingerprint density at radius 2 is 1.76 bits per heavy atom. The van der Waals surface area contributed by atoms with E-state index in [2.05, 4.69) is 10.1 Å². The third kappa shape index (κ3) is 3.41. The van der Waals surface area contributed by atoms with Crippen molar-refractivity contribution in [3.05, 3.63) is 35.9 Å². The fraction of sp³-hybridized carbons (Fsp3) is 0.250. The van der Waals surface area contributed by atoms with Crippen LogP contribution in [0.4, 0.5) is 0 Å². The topological polar surface area (TPSA) is 72.5 Å². The maximum Gasteiger partial charge on any atom is 0.376 e. The van der Waals surface area contributed by atoms with E-state index in [1.807, 2.05) is 0 Å². The van der Waals surface area contributed by atoms with Crippen LogP contribution in [0.25, 0.3) is 0 Å². The molecule has 5 heteroatoms. The summed E-state index contributed by atoms with van der Waals surface area (Å²) in [7, 11) is 1.12. The van der Waals surface area contributed by atoms with E-state index in [4.69, 9.17) is 0 Å². The molecule has 17 heavy (non-hydrogen) atoms. The zero-order valence-electron chi connectivity index (χ0n) is 9.60. The summed E-state index contributed by atoms with van der Waals surface area (Å²) in [6.45, 7) is 1.43. The standard InChI is InChI=1S/C12H13NO4/c1-8(10(14)12(16)17-2)13-11(15)9-6-4-3-5-7-9/h3-8H,1-2H3,(H,13,15). The van der Waals surface area contributed by atoms with Crippen molar-refractivity contribution >= 4 is 17.7 Å². The van der Waals surface area contributed by atoms with Crippen LogP contribution in [0, 0.1) is 0 Å². The van der Waals surface area contributed by atoms with Crippen LogP contribution < -0.4 is 5.32 Å². The van der Waals surface area contributed by atoms with Crippen molar-refractivity contribution in [1.29, 1.82) is 0 Å². The Morgan fingerprint density at radius 3 is 2.29 bits per heavy atom. The number of ketones is 1. The average molecular weight is 235 g/mol. The molecule has 1 N–H and O–H groups in total. The highest BCUT2D eigenvalue weighted by Gasteiger charge is 2.23. The van der Waals surface area contributed by atoms with Gasteiger partial charge in [-0.1, -0.05) is 18.2 Å². The molecule has 0 saturated heterocycles. The third-order valence-corrected chi connectivity index (χ3v) is 2.16. The number of Topliss-reactive ketones (excluding diaryl/α,β-unsaturated/α-hetero) is 1. The van der Waals surface area contributed by atoms with Gasteiger partial charge in [0.2, 0.25) is 0 Å². The van der Waals surface area contributed by atoms with Crippen molar-refractivity contribution in [2.24, 2.45) is 0 Å². The molecule has 0 spiro atoms. The van der Waals surface area contributed by atoms with Crippen LogP contribution in [0.1, 0.15) is 17.3 Å². The Hall–Kier alpha value is -2.17. The summed E-state index contributed by atoms with van der Waals surface area (Å²) in [5.74, 6) is -2.15. The van der Waals surface area contributed by atoms with Crippen molar-refractivity contribution in [1.82, 2.24) is 5.32 Å².